The van der Waals surface area contributed by atoms with Crippen molar-refractivity contribution in [1.29, 1.82) is 0 Å². The van der Waals surface area contributed by atoms with Gasteiger partial charge in [-0.15, -0.1) is 0 Å². The average molecular weight is 459 g/mol. The van der Waals surface area contributed by atoms with Gasteiger partial charge in [-0.05, 0) is 56.0 Å². The number of fused-ring (bicyclic) bond motifs is 2. The van der Waals surface area contributed by atoms with Crippen LogP contribution in [0.2, 0.25) is 0 Å². The lowest BCUT2D eigenvalue weighted by atomic mass is 9.96. The highest BCUT2D eigenvalue weighted by molar-refractivity contribution is 5.98. The first-order valence-electron chi connectivity index (χ1n) is 12.3. The van der Waals surface area contributed by atoms with Crippen LogP contribution in [0.25, 0.3) is 10.9 Å². The molecule has 1 fully saturated rings. The highest BCUT2D eigenvalue weighted by Gasteiger charge is 2.29. The zero-order valence-corrected chi connectivity index (χ0v) is 19.3. The van der Waals surface area contributed by atoms with Gasteiger partial charge in [0, 0.05) is 37.3 Å². The summed E-state index contributed by atoms with van der Waals surface area (Å²) in [5.41, 5.74) is 1.84. The number of piperidine rings is 1. The first kappa shape index (κ1) is 22.3. The molecule has 7 nitrogen and oxygen atoms in total. The minimum Gasteiger partial charge on any atom is -0.338 e. The van der Waals surface area contributed by atoms with Crippen molar-refractivity contribution >= 4 is 28.4 Å². The number of hydrogen-bond donors (Lipinski definition) is 1. The molecule has 1 aromatic heterocycles. The van der Waals surface area contributed by atoms with E-state index in [4.69, 9.17) is 4.98 Å². The Morgan fingerprint density at radius 1 is 0.941 bits per heavy atom. The van der Waals surface area contributed by atoms with E-state index in [0.717, 1.165) is 56.5 Å². The van der Waals surface area contributed by atoms with Crippen molar-refractivity contribution in [3.63, 3.8) is 0 Å². The molecule has 3 aromatic rings. The van der Waals surface area contributed by atoms with Crippen LogP contribution in [-0.4, -0.2) is 39.4 Å². The average Bonchev–Trinajstić information content (AvgIpc) is 2.85. The van der Waals surface area contributed by atoms with E-state index in [-0.39, 0.29) is 23.3 Å². The Labute approximate surface area is 198 Å². The number of benzene rings is 2. The van der Waals surface area contributed by atoms with Crippen LogP contribution in [-0.2, 0) is 17.8 Å². The van der Waals surface area contributed by atoms with Crippen molar-refractivity contribution in [2.75, 3.05) is 18.4 Å². The van der Waals surface area contributed by atoms with E-state index in [1.807, 2.05) is 34.9 Å². The molecule has 7 heteroatoms. The van der Waals surface area contributed by atoms with E-state index < -0.39 is 0 Å². The molecule has 1 saturated heterocycles. The molecule has 1 atom stereocenters. The van der Waals surface area contributed by atoms with Gasteiger partial charge in [-0.25, -0.2) is 4.98 Å². The fourth-order valence-electron chi connectivity index (χ4n) is 5.05. The lowest BCUT2D eigenvalue weighted by Gasteiger charge is -2.32. The Morgan fingerprint density at radius 2 is 1.76 bits per heavy atom. The number of carbonyl (C=O) groups is 2. The standard InChI is InChI=1S/C27H30N4O3/c32-25(28-21-10-4-3-5-11-21)20-9-8-15-30(18-20)26(33)19-13-14-22-23(17-19)29-24-12-6-1-2-7-16-31(24)27(22)34/h3-5,10-11,13-14,17,20H,1-2,6-9,12,15-16,18H2,(H,28,32). The van der Waals surface area contributed by atoms with Crippen molar-refractivity contribution in [3.05, 3.63) is 70.3 Å². The molecule has 2 aliphatic rings. The van der Waals surface area contributed by atoms with Gasteiger partial charge in [0.2, 0.25) is 5.91 Å². The van der Waals surface area contributed by atoms with Gasteiger partial charge in [0.25, 0.3) is 11.5 Å². The van der Waals surface area contributed by atoms with Crippen LogP contribution in [0.3, 0.4) is 0 Å². The Balaban J connectivity index is 1.35. The van der Waals surface area contributed by atoms with Crippen LogP contribution in [0.15, 0.2) is 53.3 Å². The normalized spacial score (nSPS) is 18.6. The minimum atomic E-state index is -0.249. The molecule has 0 aliphatic carbocycles. The molecular formula is C27H30N4O3. The summed E-state index contributed by atoms with van der Waals surface area (Å²) in [4.78, 5) is 45.7. The summed E-state index contributed by atoms with van der Waals surface area (Å²) >= 11 is 0. The summed E-state index contributed by atoms with van der Waals surface area (Å²) < 4.78 is 1.81. The van der Waals surface area contributed by atoms with Crippen LogP contribution in [0, 0.1) is 5.92 Å². The van der Waals surface area contributed by atoms with Crippen molar-refractivity contribution < 1.29 is 9.59 Å². The molecule has 1 unspecified atom stereocenters. The molecule has 1 N–H and O–H groups in total. The zero-order chi connectivity index (χ0) is 23.5. The number of anilines is 1. The van der Waals surface area contributed by atoms with Gasteiger partial charge >= 0.3 is 0 Å². The van der Waals surface area contributed by atoms with Crippen LogP contribution in [0.1, 0.15) is 54.7 Å². The summed E-state index contributed by atoms with van der Waals surface area (Å²) in [5, 5.41) is 3.51. The molecule has 0 spiro atoms. The van der Waals surface area contributed by atoms with Crippen LogP contribution in [0.5, 0.6) is 0 Å². The van der Waals surface area contributed by atoms with E-state index in [1.54, 1.807) is 23.1 Å². The maximum atomic E-state index is 13.3. The van der Waals surface area contributed by atoms with Gasteiger partial charge in [0.05, 0.1) is 16.8 Å². The number of carbonyl (C=O) groups excluding carboxylic acids is 2. The molecule has 0 radical (unpaired) electrons. The molecule has 2 amide bonds. The Hall–Kier alpha value is -3.48. The van der Waals surface area contributed by atoms with Crippen LogP contribution < -0.4 is 10.9 Å². The van der Waals surface area contributed by atoms with Gasteiger partial charge < -0.3 is 10.2 Å². The molecule has 3 heterocycles. The number of nitrogens with one attached hydrogen (secondary N) is 1. The van der Waals surface area contributed by atoms with Crippen LogP contribution in [0.4, 0.5) is 5.69 Å². The summed E-state index contributed by atoms with van der Waals surface area (Å²) in [7, 11) is 0. The summed E-state index contributed by atoms with van der Waals surface area (Å²) in [6, 6.07) is 14.6. The van der Waals surface area contributed by atoms with Gasteiger partial charge in [-0.2, -0.15) is 0 Å². The lowest BCUT2D eigenvalue weighted by molar-refractivity contribution is -0.121. The first-order chi connectivity index (χ1) is 16.6. The molecule has 5 rings (SSSR count). The summed E-state index contributed by atoms with van der Waals surface area (Å²) in [6.07, 6.45) is 6.62. The number of para-hydroxylation sites is 1. The third-order valence-corrected chi connectivity index (χ3v) is 6.93. The highest BCUT2D eigenvalue weighted by Crippen LogP contribution is 2.22. The van der Waals surface area contributed by atoms with Gasteiger partial charge in [-0.1, -0.05) is 31.0 Å². The topological polar surface area (TPSA) is 84.3 Å². The van der Waals surface area contributed by atoms with Crippen molar-refractivity contribution in [1.82, 2.24) is 14.5 Å². The van der Waals surface area contributed by atoms with E-state index in [1.165, 1.54) is 0 Å². The Kier molecular flexibility index (Phi) is 6.43. The molecule has 0 saturated carbocycles. The maximum Gasteiger partial charge on any atom is 0.261 e. The van der Waals surface area contributed by atoms with Crippen molar-refractivity contribution in [2.24, 2.45) is 5.92 Å². The predicted molar refractivity (Wildman–Crippen MR) is 132 cm³/mol. The number of aryl methyl sites for hydroxylation is 1. The maximum absolute atomic E-state index is 13.3. The second-order valence-corrected chi connectivity index (χ2v) is 9.33. The summed E-state index contributed by atoms with van der Waals surface area (Å²) in [6.45, 7) is 1.71. The molecular weight excluding hydrogens is 428 g/mol. The van der Waals surface area contributed by atoms with Gasteiger partial charge in [0.15, 0.2) is 0 Å². The molecule has 176 valence electrons. The number of amides is 2. The molecule has 34 heavy (non-hydrogen) atoms. The predicted octanol–water partition coefficient (Wildman–Crippen LogP) is 4.00. The fourth-order valence-corrected chi connectivity index (χ4v) is 5.05. The summed E-state index contributed by atoms with van der Waals surface area (Å²) in [5.74, 6) is 0.390. The Morgan fingerprint density at radius 3 is 2.62 bits per heavy atom. The quantitative estimate of drug-likeness (QED) is 0.643. The zero-order valence-electron chi connectivity index (χ0n) is 19.3. The second-order valence-electron chi connectivity index (χ2n) is 9.33. The number of aromatic nitrogens is 2. The molecule has 2 aromatic carbocycles. The van der Waals surface area contributed by atoms with Crippen molar-refractivity contribution in [2.45, 2.75) is 51.5 Å². The monoisotopic (exact) mass is 458 g/mol. The van der Waals surface area contributed by atoms with E-state index >= 15 is 0 Å². The third-order valence-electron chi connectivity index (χ3n) is 6.93. The number of rotatable bonds is 3. The Bertz CT molecular complexity index is 1270. The highest BCUT2D eigenvalue weighted by atomic mass is 16.2. The number of nitrogens with zero attached hydrogens (tertiary/aromatic N) is 3. The third kappa shape index (κ3) is 4.60. The first-order valence-corrected chi connectivity index (χ1v) is 12.3. The van der Waals surface area contributed by atoms with Crippen LogP contribution >= 0.6 is 0 Å². The molecule has 2 aliphatic heterocycles. The van der Waals surface area contributed by atoms with Gasteiger partial charge in [0.1, 0.15) is 5.82 Å². The van der Waals surface area contributed by atoms with E-state index in [0.29, 0.717) is 36.1 Å². The SMILES string of the molecule is O=C(Nc1ccccc1)C1CCCN(C(=O)c2ccc3c(=O)n4c(nc3c2)CCCCCC4)C1. The largest absolute Gasteiger partial charge is 0.338 e. The smallest absolute Gasteiger partial charge is 0.261 e. The molecule has 0 bridgehead atoms. The lowest BCUT2D eigenvalue weighted by Crippen LogP contribution is -2.43. The number of hydrogen-bond acceptors (Lipinski definition) is 4. The number of likely N-dealkylation sites (tertiary alicyclic amines) is 1. The van der Waals surface area contributed by atoms with E-state index in [9.17, 15) is 14.4 Å². The van der Waals surface area contributed by atoms with Crippen molar-refractivity contribution in [3.8, 4) is 0 Å². The fraction of sp³-hybridized carbons (Fsp3) is 0.407. The van der Waals surface area contributed by atoms with Gasteiger partial charge in [-0.3, -0.25) is 19.0 Å². The van der Waals surface area contributed by atoms with E-state index in [2.05, 4.69) is 5.32 Å². The second kappa shape index (κ2) is 9.79. The minimum absolute atomic E-state index is 0.0171.